The van der Waals surface area contributed by atoms with Gasteiger partial charge in [-0.05, 0) is 118 Å². The van der Waals surface area contributed by atoms with E-state index in [-0.39, 0.29) is 36.8 Å². The number of aliphatic hydroxyl groups is 3. The molecule has 2 heterocycles. The number of aliphatic hydroxyl groups excluding tert-OH is 2. The van der Waals surface area contributed by atoms with E-state index in [0.29, 0.717) is 63.7 Å². The van der Waals surface area contributed by atoms with Crippen LogP contribution in [0.15, 0.2) is 83.1 Å². The van der Waals surface area contributed by atoms with E-state index < -0.39 is 17.1 Å². The smallest absolute Gasteiger partial charge is 0.162 e. The van der Waals surface area contributed by atoms with Crippen LogP contribution in [-0.2, 0) is 16.0 Å². The van der Waals surface area contributed by atoms with Gasteiger partial charge in [0, 0.05) is 30.8 Å². The predicted octanol–water partition coefficient (Wildman–Crippen LogP) is 6.53. The van der Waals surface area contributed by atoms with Crippen LogP contribution >= 0.6 is 0 Å². The second-order valence-electron chi connectivity index (χ2n) is 14.8. The molecule has 4 aliphatic rings. The van der Waals surface area contributed by atoms with E-state index in [1.807, 2.05) is 62.6 Å². The van der Waals surface area contributed by atoms with Gasteiger partial charge in [0.2, 0.25) is 0 Å². The zero-order chi connectivity index (χ0) is 35.9. The second-order valence-corrected chi connectivity index (χ2v) is 14.8. The van der Waals surface area contributed by atoms with Crippen molar-refractivity contribution in [2.75, 3.05) is 19.8 Å². The Kier molecular flexibility index (Phi) is 12.6. The minimum Gasteiger partial charge on any atom is -0.396 e. The Morgan fingerprint density at radius 3 is 2.82 bits per heavy atom. The first kappa shape index (κ1) is 37.7. The second kappa shape index (κ2) is 16.7. The van der Waals surface area contributed by atoms with Gasteiger partial charge in [-0.15, -0.1) is 0 Å². The van der Waals surface area contributed by atoms with Crippen LogP contribution in [0.2, 0.25) is 0 Å². The van der Waals surface area contributed by atoms with Crippen LogP contribution in [0.4, 0.5) is 0 Å². The third-order valence-corrected chi connectivity index (χ3v) is 11.7. The number of ketones is 1. The number of allylic oxidation sites excluding steroid dienone is 8. The third kappa shape index (κ3) is 8.01. The van der Waals surface area contributed by atoms with E-state index in [2.05, 4.69) is 36.7 Å². The Labute approximate surface area is 298 Å². The van der Waals surface area contributed by atoms with Gasteiger partial charge in [0.15, 0.2) is 5.78 Å². The van der Waals surface area contributed by atoms with Gasteiger partial charge in [-0.2, -0.15) is 0 Å². The van der Waals surface area contributed by atoms with Crippen molar-refractivity contribution in [3.8, 4) is 11.8 Å². The highest BCUT2D eigenvalue weighted by molar-refractivity contribution is 5.97. The van der Waals surface area contributed by atoms with Gasteiger partial charge >= 0.3 is 0 Å². The molecule has 5 rings (SSSR count). The molecule has 1 aromatic rings. The number of ether oxygens (including phenoxy) is 1. The van der Waals surface area contributed by atoms with Crippen molar-refractivity contribution < 1.29 is 24.9 Å². The summed E-state index contributed by atoms with van der Waals surface area (Å²) in [5, 5.41) is 37.9. The lowest BCUT2D eigenvalue weighted by atomic mass is 9.52. The average Bonchev–Trinajstić information content (AvgIpc) is 3.43. The number of hydrogen-bond donors (Lipinski definition) is 5. The first-order chi connectivity index (χ1) is 24.0. The van der Waals surface area contributed by atoms with Gasteiger partial charge in [-0.25, -0.2) is 0 Å². The molecule has 1 aromatic carbocycles. The Balaban J connectivity index is 1.47. The van der Waals surface area contributed by atoms with Crippen LogP contribution in [-0.4, -0.2) is 52.6 Å². The maximum absolute atomic E-state index is 14.1. The molecule has 50 heavy (non-hydrogen) atoms. The van der Waals surface area contributed by atoms with Gasteiger partial charge in [0.25, 0.3) is 0 Å². The Morgan fingerprint density at radius 2 is 2.02 bits per heavy atom. The highest BCUT2D eigenvalue weighted by Gasteiger charge is 2.64. The number of carbonyl (C=O) groups excluding carboxylic acids is 1. The molecule has 2 aliphatic carbocycles. The third-order valence-electron chi connectivity index (χ3n) is 11.7. The van der Waals surface area contributed by atoms with Crippen molar-refractivity contribution in [3.63, 3.8) is 0 Å². The van der Waals surface area contributed by atoms with Gasteiger partial charge in [0.1, 0.15) is 12.8 Å². The minimum atomic E-state index is -1.18. The van der Waals surface area contributed by atoms with Crippen molar-refractivity contribution in [2.24, 2.45) is 23.0 Å². The van der Waals surface area contributed by atoms with E-state index in [0.717, 1.165) is 46.3 Å². The molecule has 1 spiro atoms. The fraction of sp³-hybridized carbons (Fsp3) is 0.512. The molecule has 0 radical (unpaired) electrons. The van der Waals surface area contributed by atoms with E-state index >= 15 is 0 Å². The van der Waals surface area contributed by atoms with Crippen LogP contribution in [0.5, 0.6) is 0 Å². The molecule has 0 saturated heterocycles. The first-order valence-corrected chi connectivity index (χ1v) is 18.3. The number of Topliss-reactive ketones (excluding diaryl/α,β-unsaturated/α-hetero) is 1. The summed E-state index contributed by atoms with van der Waals surface area (Å²) in [5.74, 6) is 5.83. The molecule has 0 amide bonds. The molecule has 0 aromatic heterocycles. The molecule has 6 atom stereocenters. The SMILES string of the molecule is C=C1C=CC=C(C2CCC3(C(CCCO)C(=C(C)C(=O)Cc4cccc5c4C=CNC5N)CCC3(C)O)C2O)COCC#CCC(C)=CCC1. The number of fused-ring (bicyclic) bond motifs is 1. The Morgan fingerprint density at radius 1 is 1.20 bits per heavy atom. The van der Waals surface area contributed by atoms with Crippen molar-refractivity contribution >= 4 is 11.9 Å². The normalized spacial score (nSPS) is 31.4. The quantitative estimate of drug-likeness (QED) is 0.126. The number of hydrogen-bond acceptors (Lipinski definition) is 7. The van der Waals surface area contributed by atoms with Crippen LogP contribution in [0.25, 0.3) is 6.08 Å². The molecule has 0 bridgehead atoms. The number of rotatable bonds is 7. The van der Waals surface area contributed by atoms with Gasteiger partial charge in [-0.3, -0.25) is 4.79 Å². The highest BCUT2D eigenvalue weighted by atomic mass is 16.5. The maximum atomic E-state index is 14.1. The topological polar surface area (TPSA) is 125 Å². The molecule has 6 N–H and O–H groups in total. The van der Waals surface area contributed by atoms with Crippen molar-refractivity contribution in [2.45, 2.75) is 103 Å². The fourth-order valence-corrected chi connectivity index (χ4v) is 8.85. The van der Waals surface area contributed by atoms with E-state index in [1.54, 1.807) is 0 Å². The summed E-state index contributed by atoms with van der Waals surface area (Å²) in [6, 6.07) is 5.91. The van der Waals surface area contributed by atoms with Crippen LogP contribution in [0, 0.1) is 29.1 Å². The number of nitrogens with two attached hydrogens (primary N) is 1. The first-order valence-electron chi connectivity index (χ1n) is 18.3. The lowest BCUT2D eigenvalue weighted by Crippen LogP contribution is -2.59. The summed E-state index contributed by atoms with van der Waals surface area (Å²) in [7, 11) is 0. The van der Waals surface area contributed by atoms with Gasteiger partial charge in [0.05, 0.1) is 18.3 Å². The minimum absolute atomic E-state index is 0.00491. The van der Waals surface area contributed by atoms with Crippen molar-refractivity contribution in [1.82, 2.24) is 5.32 Å². The van der Waals surface area contributed by atoms with E-state index in [9.17, 15) is 20.1 Å². The molecule has 268 valence electrons. The average molecular weight is 681 g/mol. The summed E-state index contributed by atoms with van der Waals surface area (Å²) in [6.45, 7) is 10.7. The van der Waals surface area contributed by atoms with Gasteiger partial charge < -0.3 is 31.1 Å². The number of benzene rings is 1. The fourth-order valence-electron chi connectivity index (χ4n) is 8.85. The summed E-state index contributed by atoms with van der Waals surface area (Å²) in [5.41, 5.74) is 12.0. The molecular weight excluding hydrogens is 624 g/mol. The van der Waals surface area contributed by atoms with E-state index in [1.165, 1.54) is 5.57 Å². The van der Waals surface area contributed by atoms with Crippen molar-refractivity contribution in [1.29, 1.82) is 0 Å². The standard InChI is InChI=1S/C43H56N2O5/c1-29-11-5-6-26-50-28-33(16-8-14-30(2)13-7-12-29)36-20-23-43(40(36)48)38(18-10-25-46)34(19-22-42(43,4)49)31(3)39(47)27-32-15-9-17-37-35(32)21-24-45-41(37)44/h8-9,12,14-17,21,24,36,38,40-41,45-46,48-49H,2,7,10-11,13,18-20,22-23,25-28,44H2,1,3-4H3. The summed E-state index contributed by atoms with van der Waals surface area (Å²) in [4.78, 5) is 14.1. The van der Waals surface area contributed by atoms with Gasteiger partial charge in [-0.1, -0.05) is 77.6 Å². The highest BCUT2D eigenvalue weighted by Crippen LogP contribution is 2.63. The molecule has 2 aliphatic heterocycles. The molecule has 2 saturated carbocycles. The molecular formula is C43H56N2O5. The summed E-state index contributed by atoms with van der Waals surface area (Å²) < 4.78 is 6.06. The molecule has 7 nitrogen and oxygen atoms in total. The van der Waals surface area contributed by atoms with E-state index in [4.69, 9.17) is 10.5 Å². The van der Waals surface area contributed by atoms with Crippen LogP contribution in [0.1, 0.15) is 101 Å². The van der Waals surface area contributed by atoms with Crippen LogP contribution in [0.3, 0.4) is 0 Å². The number of nitrogens with one attached hydrogen (secondary N) is 1. The Hall–Kier alpha value is -3.51. The van der Waals surface area contributed by atoms with Crippen LogP contribution < -0.4 is 11.1 Å². The lowest BCUT2D eigenvalue weighted by Gasteiger charge is -2.55. The zero-order valence-corrected chi connectivity index (χ0v) is 30.1. The predicted molar refractivity (Wildman–Crippen MR) is 200 cm³/mol. The monoisotopic (exact) mass is 680 g/mol. The summed E-state index contributed by atoms with van der Waals surface area (Å²) in [6.07, 6.45) is 16.9. The lowest BCUT2D eigenvalue weighted by molar-refractivity contribution is -0.167. The van der Waals surface area contributed by atoms with Crippen molar-refractivity contribution in [3.05, 3.63) is 99.8 Å². The molecule has 6 unspecified atom stereocenters. The molecule has 2 fully saturated rings. The number of carbonyl (C=O) groups is 1. The zero-order valence-electron chi connectivity index (χ0n) is 30.1. The largest absolute Gasteiger partial charge is 0.396 e. The summed E-state index contributed by atoms with van der Waals surface area (Å²) >= 11 is 0. The molecule has 7 heteroatoms. The maximum Gasteiger partial charge on any atom is 0.162 e. The Bertz CT molecular complexity index is 1650.